The molecule has 0 amide bonds. The Morgan fingerprint density at radius 2 is 2.21 bits per heavy atom. The zero-order valence-corrected chi connectivity index (χ0v) is 11.3. The van der Waals surface area contributed by atoms with Crippen LogP contribution in [0.5, 0.6) is 0 Å². The predicted octanol–water partition coefficient (Wildman–Crippen LogP) is 3.92. The summed E-state index contributed by atoms with van der Waals surface area (Å²) < 4.78 is 6.23. The molecule has 0 aliphatic carbocycles. The summed E-state index contributed by atoms with van der Waals surface area (Å²) in [7, 11) is 0. The van der Waals surface area contributed by atoms with E-state index in [4.69, 9.17) is 9.84 Å². The highest BCUT2D eigenvalue weighted by Gasteiger charge is 2.05. The average molecular weight is 274 g/mol. The third-order valence-electron chi connectivity index (χ3n) is 2.46. The number of aliphatic carboxylic acids is 1. The summed E-state index contributed by atoms with van der Waals surface area (Å²) in [5.74, 6) is -1.09. The molecular formula is C15H14O3S. The molecule has 2 aromatic rings. The van der Waals surface area contributed by atoms with Crippen molar-refractivity contribution in [3.05, 3.63) is 53.1 Å². The molecule has 0 aliphatic heterocycles. The molecule has 0 fully saturated rings. The minimum Gasteiger partial charge on any atom is -0.487 e. The van der Waals surface area contributed by atoms with E-state index in [1.165, 1.54) is 16.2 Å². The van der Waals surface area contributed by atoms with Gasteiger partial charge in [-0.05, 0) is 36.6 Å². The maximum Gasteiger partial charge on any atom is 0.371 e. The van der Waals surface area contributed by atoms with Crippen LogP contribution in [0.1, 0.15) is 11.8 Å². The van der Waals surface area contributed by atoms with Crippen LogP contribution in [0.2, 0.25) is 0 Å². The van der Waals surface area contributed by atoms with Crippen LogP contribution in [0.4, 0.5) is 0 Å². The molecule has 3 nitrogen and oxygen atoms in total. The smallest absolute Gasteiger partial charge is 0.371 e. The predicted molar refractivity (Wildman–Crippen MR) is 78.2 cm³/mol. The molecule has 0 bridgehead atoms. The van der Waals surface area contributed by atoms with Crippen LogP contribution in [0.3, 0.4) is 0 Å². The summed E-state index contributed by atoms with van der Waals surface area (Å²) in [5.41, 5.74) is 0. The van der Waals surface area contributed by atoms with Gasteiger partial charge < -0.3 is 9.84 Å². The standard InChI is InChI=1S/C15H14O3S/c1-2-18-13(15(16)17)8-5-7-12-10-11-6-3-4-9-14(11)19-12/h3-10H,2H2,1H3,(H,16,17)/b7-5+,13-8+. The quantitative estimate of drug-likeness (QED) is 0.510. The number of ether oxygens (including phenoxy) is 1. The van der Waals surface area contributed by atoms with Gasteiger partial charge in [0.1, 0.15) is 0 Å². The SMILES string of the molecule is CCO/C(=C/C=C/c1cc2ccccc2s1)C(=O)O. The van der Waals surface area contributed by atoms with Gasteiger partial charge in [0.2, 0.25) is 5.76 Å². The van der Waals surface area contributed by atoms with Gasteiger partial charge in [-0.2, -0.15) is 0 Å². The van der Waals surface area contributed by atoms with E-state index in [2.05, 4.69) is 18.2 Å². The highest BCUT2D eigenvalue weighted by Crippen LogP contribution is 2.26. The van der Waals surface area contributed by atoms with E-state index in [0.29, 0.717) is 6.61 Å². The zero-order valence-electron chi connectivity index (χ0n) is 10.5. The van der Waals surface area contributed by atoms with Crippen LogP contribution in [0.15, 0.2) is 48.2 Å². The maximum atomic E-state index is 10.8. The van der Waals surface area contributed by atoms with Crippen molar-refractivity contribution in [3.63, 3.8) is 0 Å². The molecule has 0 unspecified atom stereocenters. The van der Waals surface area contributed by atoms with Crippen LogP contribution in [0.25, 0.3) is 16.2 Å². The number of carboxylic acid groups (broad SMARTS) is 1. The highest BCUT2D eigenvalue weighted by molar-refractivity contribution is 7.19. The number of rotatable bonds is 5. The summed E-state index contributed by atoms with van der Waals surface area (Å²) in [6.45, 7) is 2.10. The molecule has 0 saturated heterocycles. The number of fused-ring (bicyclic) bond motifs is 1. The van der Waals surface area contributed by atoms with Gasteiger partial charge >= 0.3 is 5.97 Å². The molecule has 0 radical (unpaired) electrons. The third kappa shape index (κ3) is 3.45. The molecule has 0 aliphatic rings. The van der Waals surface area contributed by atoms with E-state index in [1.807, 2.05) is 18.2 Å². The molecule has 2 rings (SSSR count). The van der Waals surface area contributed by atoms with Crippen molar-refractivity contribution in [2.45, 2.75) is 6.92 Å². The second kappa shape index (κ2) is 6.20. The Balaban J connectivity index is 2.17. The number of hydrogen-bond acceptors (Lipinski definition) is 3. The number of carbonyl (C=O) groups is 1. The number of thiophene rings is 1. The molecular weight excluding hydrogens is 260 g/mol. The Kier molecular flexibility index (Phi) is 4.36. The van der Waals surface area contributed by atoms with Crippen molar-refractivity contribution in [1.82, 2.24) is 0 Å². The zero-order chi connectivity index (χ0) is 13.7. The first kappa shape index (κ1) is 13.4. The van der Waals surface area contributed by atoms with E-state index >= 15 is 0 Å². The summed E-state index contributed by atoms with van der Waals surface area (Å²) in [6.07, 6.45) is 5.05. The fourth-order valence-corrected chi connectivity index (χ4v) is 2.63. The first-order chi connectivity index (χ1) is 9.20. The fraction of sp³-hybridized carbons (Fsp3) is 0.133. The van der Waals surface area contributed by atoms with Crippen molar-refractivity contribution in [2.75, 3.05) is 6.61 Å². The molecule has 0 atom stereocenters. The van der Waals surface area contributed by atoms with Crippen LogP contribution < -0.4 is 0 Å². The molecule has 1 heterocycles. The summed E-state index contributed by atoms with van der Waals surface area (Å²) in [4.78, 5) is 11.9. The van der Waals surface area contributed by atoms with Gasteiger partial charge in [0, 0.05) is 9.58 Å². The lowest BCUT2D eigenvalue weighted by molar-refractivity contribution is -0.136. The molecule has 1 aromatic heterocycles. The number of allylic oxidation sites excluding steroid dienone is 2. The van der Waals surface area contributed by atoms with Gasteiger partial charge in [0.15, 0.2) is 0 Å². The minimum absolute atomic E-state index is 0.0418. The average Bonchev–Trinajstić information content (AvgIpc) is 2.80. The topological polar surface area (TPSA) is 46.5 Å². The van der Waals surface area contributed by atoms with Crippen molar-refractivity contribution in [2.24, 2.45) is 0 Å². The van der Waals surface area contributed by atoms with Gasteiger partial charge in [-0.3, -0.25) is 0 Å². The molecule has 0 saturated carbocycles. The van der Waals surface area contributed by atoms with Crippen LogP contribution in [-0.4, -0.2) is 17.7 Å². The fourth-order valence-electron chi connectivity index (χ4n) is 1.65. The Bertz CT molecular complexity index is 605. The Morgan fingerprint density at radius 1 is 1.42 bits per heavy atom. The first-order valence-electron chi connectivity index (χ1n) is 5.93. The van der Waals surface area contributed by atoms with Crippen molar-refractivity contribution in [3.8, 4) is 0 Å². The van der Waals surface area contributed by atoms with Crippen molar-refractivity contribution in [1.29, 1.82) is 0 Å². The van der Waals surface area contributed by atoms with Crippen molar-refractivity contribution < 1.29 is 14.6 Å². The largest absolute Gasteiger partial charge is 0.487 e. The Labute approximate surface area is 115 Å². The molecule has 98 valence electrons. The van der Waals surface area contributed by atoms with E-state index < -0.39 is 5.97 Å². The molecule has 4 heteroatoms. The van der Waals surface area contributed by atoms with Crippen LogP contribution in [-0.2, 0) is 9.53 Å². The van der Waals surface area contributed by atoms with Gasteiger partial charge in [0.25, 0.3) is 0 Å². The lowest BCUT2D eigenvalue weighted by atomic mass is 10.2. The molecule has 0 spiro atoms. The second-order valence-corrected chi connectivity index (χ2v) is 4.93. The van der Waals surface area contributed by atoms with Gasteiger partial charge in [-0.25, -0.2) is 4.79 Å². The molecule has 1 aromatic carbocycles. The number of carboxylic acids is 1. The summed E-state index contributed by atoms with van der Waals surface area (Å²) in [5, 5.41) is 10.1. The van der Waals surface area contributed by atoms with Gasteiger partial charge in [-0.1, -0.05) is 24.3 Å². The van der Waals surface area contributed by atoms with Crippen LogP contribution in [0, 0.1) is 0 Å². The summed E-state index contributed by atoms with van der Waals surface area (Å²) >= 11 is 1.67. The van der Waals surface area contributed by atoms with E-state index in [0.717, 1.165) is 4.88 Å². The highest BCUT2D eigenvalue weighted by atomic mass is 32.1. The second-order valence-electron chi connectivity index (χ2n) is 3.81. The minimum atomic E-state index is -1.05. The normalized spacial score (nSPS) is 12.2. The maximum absolute atomic E-state index is 10.8. The monoisotopic (exact) mass is 274 g/mol. The Morgan fingerprint density at radius 3 is 2.89 bits per heavy atom. The molecule has 19 heavy (non-hydrogen) atoms. The van der Waals surface area contributed by atoms with Gasteiger partial charge in [-0.15, -0.1) is 11.3 Å². The first-order valence-corrected chi connectivity index (χ1v) is 6.75. The van der Waals surface area contributed by atoms with E-state index in [-0.39, 0.29) is 5.76 Å². The summed E-state index contributed by atoms with van der Waals surface area (Å²) in [6, 6.07) is 10.2. The number of hydrogen-bond donors (Lipinski definition) is 1. The number of benzene rings is 1. The van der Waals surface area contributed by atoms with Crippen molar-refractivity contribution >= 4 is 33.5 Å². The third-order valence-corrected chi connectivity index (χ3v) is 3.54. The lowest BCUT2D eigenvalue weighted by Crippen LogP contribution is -2.04. The van der Waals surface area contributed by atoms with Crippen LogP contribution >= 0.6 is 11.3 Å². The van der Waals surface area contributed by atoms with E-state index in [9.17, 15) is 4.79 Å². The Hall–Kier alpha value is -2.07. The van der Waals surface area contributed by atoms with E-state index in [1.54, 1.807) is 24.3 Å². The van der Waals surface area contributed by atoms with Gasteiger partial charge in [0.05, 0.1) is 6.61 Å². The molecule has 1 N–H and O–H groups in total. The lowest BCUT2D eigenvalue weighted by Gasteiger charge is -2.00.